The van der Waals surface area contributed by atoms with E-state index in [1.54, 1.807) is 36.4 Å². The number of benzene rings is 2. The summed E-state index contributed by atoms with van der Waals surface area (Å²) in [5, 5.41) is 9.18. The predicted molar refractivity (Wildman–Crippen MR) is 76.7 cm³/mol. The molecule has 0 aliphatic carbocycles. The van der Waals surface area contributed by atoms with Crippen LogP contribution in [0.25, 0.3) is 11.1 Å². The van der Waals surface area contributed by atoms with Gasteiger partial charge < -0.3 is 14.6 Å². The molecule has 5 heteroatoms. The summed E-state index contributed by atoms with van der Waals surface area (Å²) in [5.41, 5.74) is 1.91. The number of methoxy groups -OCH3 is 2. The van der Waals surface area contributed by atoms with Crippen molar-refractivity contribution < 1.29 is 24.2 Å². The molecule has 108 valence electrons. The van der Waals surface area contributed by atoms with Crippen LogP contribution in [-0.2, 0) is 4.74 Å². The van der Waals surface area contributed by atoms with Crippen molar-refractivity contribution in [2.24, 2.45) is 0 Å². The lowest BCUT2D eigenvalue weighted by Gasteiger charge is -2.11. The first-order chi connectivity index (χ1) is 10.1. The third-order valence-corrected chi connectivity index (χ3v) is 3.07. The van der Waals surface area contributed by atoms with Gasteiger partial charge in [-0.3, -0.25) is 0 Å². The number of carboxylic acid groups (broad SMARTS) is 1. The van der Waals surface area contributed by atoms with Crippen molar-refractivity contribution in [2.45, 2.75) is 0 Å². The number of hydrogen-bond acceptors (Lipinski definition) is 4. The van der Waals surface area contributed by atoms with E-state index in [4.69, 9.17) is 4.74 Å². The molecule has 0 saturated heterocycles. The van der Waals surface area contributed by atoms with E-state index in [9.17, 15) is 14.7 Å². The largest absolute Gasteiger partial charge is 0.495 e. The number of aromatic carboxylic acids is 1. The van der Waals surface area contributed by atoms with Crippen molar-refractivity contribution in [3.63, 3.8) is 0 Å². The van der Waals surface area contributed by atoms with E-state index in [1.165, 1.54) is 20.3 Å². The van der Waals surface area contributed by atoms with Gasteiger partial charge in [-0.25, -0.2) is 9.59 Å². The Morgan fingerprint density at radius 3 is 2.19 bits per heavy atom. The minimum absolute atomic E-state index is 0.0899. The highest BCUT2D eigenvalue weighted by Crippen LogP contribution is 2.33. The number of rotatable bonds is 4. The topological polar surface area (TPSA) is 72.8 Å². The summed E-state index contributed by atoms with van der Waals surface area (Å²) < 4.78 is 9.85. The van der Waals surface area contributed by atoms with Gasteiger partial charge >= 0.3 is 11.9 Å². The summed E-state index contributed by atoms with van der Waals surface area (Å²) in [6, 6.07) is 11.6. The lowest BCUT2D eigenvalue weighted by atomic mass is 10.00. The number of hydrogen-bond donors (Lipinski definition) is 1. The van der Waals surface area contributed by atoms with Crippen LogP contribution < -0.4 is 4.74 Å². The number of carboxylic acids is 1. The average Bonchev–Trinajstić information content (AvgIpc) is 2.53. The second kappa shape index (κ2) is 6.09. The van der Waals surface area contributed by atoms with Crippen molar-refractivity contribution in [2.75, 3.05) is 14.2 Å². The molecule has 0 aromatic heterocycles. The second-order valence-corrected chi connectivity index (χ2v) is 4.26. The fourth-order valence-corrected chi connectivity index (χ4v) is 2.06. The van der Waals surface area contributed by atoms with Crippen molar-refractivity contribution >= 4 is 11.9 Å². The normalized spacial score (nSPS) is 10.0. The maximum Gasteiger partial charge on any atom is 0.339 e. The van der Waals surface area contributed by atoms with Gasteiger partial charge in [-0.1, -0.05) is 24.3 Å². The molecular weight excluding hydrogens is 272 g/mol. The van der Waals surface area contributed by atoms with Crippen LogP contribution in [0.3, 0.4) is 0 Å². The highest BCUT2D eigenvalue weighted by Gasteiger charge is 2.16. The van der Waals surface area contributed by atoms with Gasteiger partial charge in [0.1, 0.15) is 11.3 Å². The van der Waals surface area contributed by atoms with Gasteiger partial charge in [0.25, 0.3) is 0 Å². The van der Waals surface area contributed by atoms with Gasteiger partial charge in [0, 0.05) is 5.56 Å². The zero-order valence-electron chi connectivity index (χ0n) is 11.6. The van der Waals surface area contributed by atoms with Gasteiger partial charge in [0.05, 0.1) is 19.8 Å². The first-order valence-electron chi connectivity index (χ1n) is 6.17. The third-order valence-electron chi connectivity index (χ3n) is 3.07. The Morgan fingerprint density at radius 2 is 1.67 bits per heavy atom. The van der Waals surface area contributed by atoms with Gasteiger partial charge in [-0.15, -0.1) is 0 Å². The first-order valence-corrected chi connectivity index (χ1v) is 6.17. The molecule has 0 amide bonds. The molecule has 5 nitrogen and oxygen atoms in total. The van der Waals surface area contributed by atoms with Crippen LogP contribution in [0, 0.1) is 0 Å². The molecule has 21 heavy (non-hydrogen) atoms. The van der Waals surface area contributed by atoms with E-state index in [1.807, 2.05) is 0 Å². The lowest BCUT2D eigenvalue weighted by molar-refractivity contribution is 0.0599. The predicted octanol–water partition coefficient (Wildman–Crippen LogP) is 2.85. The molecule has 0 aliphatic heterocycles. The zero-order valence-corrected chi connectivity index (χ0v) is 11.6. The van der Waals surface area contributed by atoms with Crippen LogP contribution in [0.15, 0.2) is 42.5 Å². The molecule has 2 aromatic carbocycles. The van der Waals surface area contributed by atoms with Crippen molar-refractivity contribution in [1.29, 1.82) is 0 Å². The molecule has 2 rings (SSSR count). The van der Waals surface area contributed by atoms with Crippen LogP contribution in [0.5, 0.6) is 5.75 Å². The minimum Gasteiger partial charge on any atom is -0.495 e. The molecule has 1 N–H and O–H groups in total. The quantitative estimate of drug-likeness (QED) is 0.875. The fraction of sp³-hybridized carbons (Fsp3) is 0.125. The van der Waals surface area contributed by atoms with E-state index >= 15 is 0 Å². The maximum absolute atomic E-state index is 11.4. The fourth-order valence-electron chi connectivity index (χ4n) is 2.06. The number of para-hydroxylation sites is 1. The van der Waals surface area contributed by atoms with E-state index < -0.39 is 11.9 Å². The van der Waals surface area contributed by atoms with Gasteiger partial charge in [0.15, 0.2) is 0 Å². The lowest BCUT2D eigenvalue weighted by Crippen LogP contribution is -2.02. The third kappa shape index (κ3) is 2.86. The highest BCUT2D eigenvalue weighted by molar-refractivity contribution is 5.95. The van der Waals surface area contributed by atoms with Crippen LogP contribution in [0.1, 0.15) is 20.7 Å². The molecule has 0 unspecified atom stereocenters. The first kappa shape index (κ1) is 14.6. The van der Waals surface area contributed by atoms with E-state index in [2.05, 4.69) is 4.74 Å². The van der Waals surface area contributed by atoms with Crippen LogP contribution in [0.4, 0.5) is 0 Å². The minimum atomic E-state index is -1.06. The summed E-state index contributed by atoms with van der Waals surface area (Å²) in [6.07, 6.45) is 0. The molecular formula is C16H14O5. The smallest absolute Gasteiger partial charge is 0.339 e. The van der Waals surface area contributed by atoms with E-state index in [0.717, 1.165) is 5.56 Å². The Labute approximate surface area is 121 Å². The van der Waals surface area contributed by atoms with Crippen LogP contribution in [-0.4, -0.2) is 31.3 Å². The molecule has 0 aliphatic rings. The number of carbonyl (C=O) groups excluding carboxylic acids is 1. The molecule has 0 heterocycles. The Kier molecular flexibility index (Phi) is 4.23. The Bertz CT molecular complexity index is 674. The Hall–Kier alpha value is -2.82. The Morgan fingerprint density at radius 1 is 1.00 bits per heavy atom. The monoisotopic (exact) mass is 286 g/mol. The van der Waals surface area contributed by atoms with Crippen molar-refractivity contribution in [1.82, 2.24) is 0 Å². The van der Waals surface area contributed by atoms with Gasteiger partial charge in [-0.2, -0.15) is 0 Å². The average molecular weight is 286 g/mol. The standard InChI is InChI=1S/C16H14O5/c1-20-14-12(4-3-5-13(14)15(17)18)10-6-8-11(9-7-10)16(19)21-2/h3-9H,1-2H3,(H,17,18). The van der Waals surface area contributed by atoms with Crippen molar-refractivity contribution in [3.8, 4) is 16.9 Å². The molecule has 0 atom stereocenters. The molecule has 0 radical (unpaired) electrons. The summed E-state index contributed by atoms with van der Waals surface area (Å²) in [4.78, 5) is 22.6. The van der Waals surface area contributed by atoms with Crippen LogP contribution >= 0.6 is 0 Å². The van der Waals surface area contributed by atoms with Gasteiger partial charge in [-0.05, 0) is 23.8 Å². The summed E-state index contributed by atoms with van der Waals surface area (Å²) in [6.45, 7) is 0. The van der Waals surface area contributed by atoms with Crippen LogP contribution in [0.2, 0.25) is 0 Å². The molecule has 2 aromatic rings. The highest BCUT2D eigenvalue weighted by atomic mass is 16.5. The summed E-state index contributed by atoms with van der Waals surface area (Å²) in [7, 11) is 2.74. The van der Waals surface area contributed by atoms with E-state index in [-0.39, 0.29) is 11.3 Å². The number of esters is 1. The number of carbonyl (C=O) groups is 2. The molecule has 0 bridgehead atoms. The second-order valence-electron chi connectivity index (χ2n) is 4.26. The SMILES string of the molecule is COC(=O)c1ccc(-c2cccc(C(=O)O)c2OC)cc1. The van der Waals surface area contributed by atoms with Gasteiger partial charge in [0.2, 0.25) is 0 Å². The van der Waals surface area contributed by atoms with E-state index in [0.29, 0.717) is 11.1 Å². The summed E-state index contributed by atoms with van der Waals surface area (Å²) >= 11 is 0. The molecule has 0 fully saturated rings. The molecule has 0 saturated carbocycles. The maximum atomic E-state index is 11.4. The Balaban J connectivity index is 2.49. The number of ether oxygens (including phenoxy) is 2. The summed E-state index contributed by atoms with van der Waals surface area (Å²) in [5.74, 6) is -1.19. The zero-order chi connectivity index (χ0) is 15.4. The molecule has 0 spiro atoms. The van der Waals surface area contributed by atoms with Crippen molar-refractivity contribution in [3.05, 3.63) is 53.6 Å².